The molecule has 0 aromatic heterocycles. The summed E-state index contributed by atoms with van der Waals surface area (Å²) in [5, 5.41) is 5.03. The monoisotopic (exact) mass is 298 g/mol. The highest BCUT2D eigenvalue weighted by atomic mass is 32.2. The van der Waals surface area contributed by atoms with E-state index in [9.17, 15) is 13.2 Å². The summed E-state index contributed by atoms with van der Waals surface area (Å²) < 4.78 is 27.7. The highest BCUT2D eigenvalue weighted by Crippen LogP contribution is 2.24. The molecule has 2 atom stereocenters. The number of nitrogens with zero attached hydrogens (tertiary/aromatic N) is 1. The number of primary sulfonamides is 1. The van der Waals surface area contributed by atoms with Crippen LogP contribution in [0.4, 0.5) is 5.69 Å². The van der Waals surface area contributed by atoms with Gasteiger partial charge in [0.25, 0.3) is 0 Å². The number of carbonyl (C=O) groups excluding carboxylic acids is 1. The van der Waals surface area contributed by atoms with Gasteiger partial charge in [-0.05, 0) is 37.6 Å². The third-order valence-corrected chi connectivity index (χ3v) is 4.36. The molecular formula is C13H18N2O4S. The largest absolute Gasteiger partial charge is 0.378 e. The van der Waals surface area contributed by atoms with Crippen LogP contribution in [0.15, 0.2) is 29.2 Å². The molecule has 2 unspecified atom stereocenters. The number of hydrogen-bond acceptors (Lipinski definition) is 4. The normalized spacial score (nSPS) is 22.8. The third-order valence-electron chi connectivity index (χ3n) is 3.43. The summed E-state index contributed by atoms with van der Waals surface area (Å²) in [6, 6.07) is 5.91. The van der Waals surface area contributed by atoms with Gasteiger partial charge in [-0.2, -0.15) is 0 Å². The summed E-state index contributed by atoms with van der Waals surface area (Å²) in [7, 11) is -2.05. The first kappa shape index (κ1) is 15.0. The standard InChI is InChI=1S/C13H18N2O4S/c1-9-7-10(8-19-9)13(16)15(2)11-3-5-12(6-4-11)20(14,17)18/h3-6,9-10H,7-8H2,1-2H3,(H2,14,17,18). The van der Waals surface area contributed by atoms with Crippen LogP contribution in [0.3, 0.4) is 0 Å². The number of hydrogen-bond donors (Lipinski definition) is 1. The van der Waals surface area contributed by atoms with E-state index in [0.29, 0.717) is 18.7 Å². The Bertz CT molecular complexity index is 597. The van der Waals surface area contributed by atoms with Crippen molar-refractivity contribution in [2.24, 2.45) is 11.1 Å². The second-order valence-corrected chi connectivity index (χ2v) is 6.57. The molecule has 1 aromatic carbocycles. The zero-order valence-corrected chi connectivity index (χ0v) is 12.3. The number of benzene rings is 1. The van der Waals surface area contributed by atoms with Crippen molar-refractivity contribution < 1.29 is 17.9 Å². The number of sulfonamides is 1. The number of nitrogens with two attached hydrogens (primary N) is 1. The molecule has 2 N–H and O–H groups in total. The Hall–Kier alpha value is -1.44. The lowest BCUT2D eigenvalue weighted by Gasteiger charge is -2.20. The summed E-state index contributed by atoms with van der Waals surface area (Å²) in [6.45, 7) is 2.37. The van der Waals surface area contributed by atoms with Gasteiger partial charge in [0.15, 0.2) is 0 Å². The summed E-state index contributed by atoms with van der Waals surface area (Å²) in [5.41, 5.74) is 0.627. The maximum absolute atomic E-state index is 12.3. The van der Waals surface area contributed by atoms with E-state index in [1.807, 2.05) is 6.92 Å². The van der Waals surface area contributed by atoms with Crippen LogP contribution in [0.5, 0.6) is 0 Å². The first-order chi connectivity index (χ1) is 9.29. The van der Waals surface area contributed by atoms with E-state index in [2.05, 4.69) is 0 Å². The molecular weight excluding hydrogens is 280 g/mol. The second kappa shape index (κ2) is 5.51. The molecule has 0 spiro atoms. The van der Waals surface area contributed by atoms with E-state index >= 15 is 0 Å². The Kier molecular flexibility index (Phi) is 4.12. The van der Waals surface area contributed by atoms with Crippen LogP contribution in [0.25, 0.3) is 0 Å². The first-order valence-corrected chi connectivity index (χ1v) is 7.85. The molecule has 0 saturated carbocycles. The van der Waals surface area contributed by atoms with Gasteiger partial charge in [-0.25, -0.2) is 13.6 Å². The molecule has 20 heavy (non-hydrogen) atoms. The molecule has 1 aliphatic rings. The van der Waals surface area contributed by atoms with E-state index in [1.165, 1.54) is 17.0 Å². The van der Waals surface area contributed by atoms with Gasteiger partial charge in [-0.15, -0.1) is 0 Å². The Labute approximate surface area is 118 Å². The quantitative estimate of drug-likeness (QED) is 0.890. The van der Waals surface area contributed by atoms with Crippen molar-refractivity contribution in [3.05, 3.63) is 24.3 Å². The smallest absolute Gasteiger partial charge is 0.238 e. The Balaban J connectivity index is 2.13. The summed E-state index contributed by atoms with van der Waals surface area (Å²) in [5.74, 6) is -0.175. The van der Waals surface area contributed by atoms with Gasteiger partial charge in [0.1, 0.15) is 0 Å². The van der Waals surface area contributed by atoms with E-state index in [0.717, 1.165) is 0 Å². The van der Waals surface area contributed by atoms with Crippen molar-refractivity contribution in [1.82, 2.24) is 0 Å². The van der Waals surface area contributed by atoms with Crippen molar-refractivity contribution in [2.45, 2.75) is 24.3 Å². The number of amides is 1. The Morgan fingerprint density at radius 2 is 1.95 bits per heavy atom. The SMILES string of the molecule is CC1CC(C(=O)N(C)c2ccc(S(N)(=O)=O)cc2)CO1. The van der Waals surface area contributed by atoms with Gasteiger partial charge in [-0.3, -0.25) is 4.79 Å². The van der Waals surface area contributed by atoms with Gasteiger partial charge in [0.2, 0.25) is 15.9 Å². The van der Waals surface area contributed by atoms with Crippen LogP contribution < -0.4 is 10.0 Å². The van der Waals surface area contributed by atoms with Crippen molar-refractivity contribution in [2.75, 3.05) is 18.6 Å². The zero-order valence-electron chi connectivity index (χ0n) is 11.4. The fourth-order valence-electron chi connectivity index (χ4n) is 2.25. The molecule has 0 aliphatic carbocycles. The van der Waals surface area contributed by atoms with Gasteiger partial charge in [-0.1, -0.05) is 0 Å². The van der Waals surface area contributed by atoms with Crippen LogP contribution in [-0.2, 0) is 19.6 Å². The van der Waals surface area contributed by atoms with Crippen LogP contribution in [-0.4, -0.2) is 34.1 Å². The van der Waals surface area contributed by atoms with Crippen molar-refractivity contribution in [3.63, 3.8) is 0 Å². The van der Waals surface area contributed by atoms with E-state index < -0.39 is 10.0 Å². The third kappa shape index (κ3) is 3.17. The molecule has 7 heteroatoms. The van der Waals surface area contributed by atoms with Crippen LogP contribution in [0.1, 0.15) is 13.3 Å². The van der Waals surface area contributed by atoms with Crippen LogP contribution in [0.2, 0.25) is 0 Å². The van der Waals surface area contributed by atoms with E-state index in [1.54, 1.807) is 19.2 Å². The van der Waals surface area contributed by atoms with Gasteiger partial charge in [0, 0.05) is 12.7 Å². The topological polar surface area (TPSA) is 89.7 Å². The maximum atomic E-state index is 12.3. The minimum absolute atomic E-state index is 0.0277. The minimum atomic E-state index is -3.71. The van der Waals surface area contributed by atoms with Crippen LogP contribution in [0, 0.1) is 5.92 Å². The van der Waals surface area contributed by atoms with Gasteiger partial charge < -0.3 is 9.64 Å². The highest BCUT2D eigenvalue weighted by Gasteiger charge is 2.30. The molecule has 1 saturated heterocycles. The molecule has 1 amide bonds. The van der Waals surface area contributed by atoms with Crippen molar-refractivity contribution >= 4 is 21.6 Å². The number of anilines is 1. The zero-order chi connectivity index (χ0) is 14.9. The van der Waals surface area contributed by atoms with Gasteiger partial charge in [0.05, 0.1) is 23.5 Å². The lowest BCUT2D eigenvalue weighted by atomic mass is 10.0. The van der Waals surface area contributed by atoms with Crippen molar-refractivity contribution in [1.29, 1.82) is 0 Å². The number of ether oxygens (including phenoxy) is 1. The molecule has 1 fully saturated rings. The predicted octanol–water partition coefficient (Wildman–Crippen LogP) is 0.722. The highest BCUT2D eigenvalue weighted by molar-refractivity contribution is 7.89. The number of rotatable bonds is 3. The Morgan fingerprint density at radius 3 is 2.40 bits per heavy atom. The van der Waals surface area contributed by atoms with Gasteiger partial charge >= 0.3 is 0 Å². The summed E-state index contributed by atoms with van der Waals surface area (Å²) in [6.07, 6.45) is 0.806. The molecule has 0 bridgehead atoms. The summed E-state index contributed by atoms with van der Waals surface area (Å²) >= 11 is 0. The molecule has 1 aliphatic heterocycles. The fourth-order valence-corrected chi connectivity index (χ4v) is 2.77. The lowest BCUT2D eigenvalue weighted by molar-refractivity contribution is -0.122. The maximum Gasteiger partial charge on any atom is 0.238 e. The number of carbonyl (C=O) groups is 1. The van der Waals surface area contributed by atoms with E-state index in [-0.39, 0.29) is 22.8 Å². The molecule has 110 valence electrons. The van der Waals surface area contributed by atoms with E-state index in [4.69, 9.17) is 9.88 Å². The summed E-state index contributed by atoms with van der Waals surface area (Å²) in [4.78, 5) is 13.8. The molecule has 1 aromatic rings. The first-order valence-electron chi connectivity index (χ1n) is 6.31. The predicted molar refractivity (Wildman–Crippen MR) is 74.7 cm³/mol. The molecule has 2 rings (SSSR count). The average Bonchev–Trinajstić information content (AvgIpc) is 2.83. The average molecular weight is 298 g/mol. The minimum Gasteiger partial charge on any atom is -0.378 e. The lowest BCUT2D eigenvalue weighted by Crippen LogP contribution is -2.33. The second-order valence-electron chi connectivity index (χ2n) is 5.01. The fraction of sp³-hybridized carbons (Fsp3) is 0.462. The van der Waals surface area contributed by atoms with Crippen molar-refractivity contribution in [3.8, 4) is 0 Å². The Morgan fingerprint density at radius 1 is 1.35 bits per heavy atom. The van der Waals surface area contributed by atoms with Crippen LogP contribution >= 0.6 is 0 Å². The molecule has 1 heterocycles. The molecule has 0 radical (unpaired) electrons. The molecule has 6 nitrogen and oxygen atoms in total.